The number of carbonyl (C=O) groups is 1. The molecule has 0 aliphatic carbocycles. The van der Waals surface area contributed by atoms with Crippen LogP contribution in [0.5, 0.6) is 5.75 Å². The summed E-state index contributed by atoms with van der Waals surface area (Å²) in [5.41, 5.74) is 0.564. The summed E-state index contributed by atoms with van der Waals surface area (Å²) < 4.78 is 5.41. The second-order valence-electron chi connectivity index (χ2n) is 4.35. The van der Waals surface area contributed by atoms with Crippen molar-refractivity contribution < 1.29 is 9.53 Å². The molecule has 1 rings (SSSR count). The molecule has 4 heteroatoms. The summed E-state index contributed by atoms with van der Waals surface area (Å²) in [6.07, 6.45) is 1.69. The van der Waals surface area contributed by atoms with Crippen LogP contribution in [0.4, 0.5) is 0 Å². The molecule has 0 heterocycles. The smallest absolute Gasteiger partial charge is 0.261 e. The molecule has 1 aromatic carbocycles. The summed E-state index contributed by atoms with van der Waals surface area (Å²) in [6, 6.07) is 8.81. The minimum absolute atomic E-state index is 0.0160. The highest BCUT2D eigenvalue weighted by atomic mass is 16.5. The molecule has 0 saturated heterocycles. The summed E-state index contributed by atoms with van der Waals surface area (Å²) in [4.78, 5) is 13.7. The average molecular weight is 258 g/mol. The van der Waals surface area contributed by atoms with E-state index >= 15 is 0 Å². The first-order valence-electron chi connectivity index (χ1n) is 6.11. The lowest BCUT2D eigenvalue weighted by Gasteiger charge is -2.25. The van der Waals surface area contributed by atoms with E-state index in [1.807, 2.05) is 19.9 Å². The Hall–Kier alpha value is -2.28. The van der Waals surface area contributed by atoms with Gasteiger partial charge in [0.05, 0.1) is 11.6 Å². The number of ether oxygens (including phenoxy) is 1. The van der Waals surface area contributed by atoms with E-state index in [2.05, 4.69) is 6.58 Å². The zero-order valence-corrected chi connectivity index (χ0v) is 11.3. The van der Waals surface area contributed by atoms with Gasteiger partial charge in [0.1, 0.15) is 5.75 Å². The second kappa shape index (κ2) is 7.22. The van der Waals surface area contributed by atoms with Gasteiger partial charge < -0.3 is 9.64 Å². The third kappa shape index (κ3) is 4.47. The minimum atomic E-state index is -0.0840. The highest BCUT2D eigenvalue weighted by Gasteiger charge is 2.15. The Labute approximate surface area is 113 Å². The maximum absolute atomic E-state index is 12.0. The average Bonchev–Trinajstić information content (AvgIpc) is 2.42. The molecular formula is C15H18N2O2. The van der Waals surface area contributed by atoms with Crippen LogP contribution in [0.3, 0.4) is 0 Å². The first-order chi connectivity index (χ1) is 9.08. The van der Waals surface area contributed by atoms with Gasteiger partial charge in [-0.25, -0.2) is 0 Å². The van der Waals surface area contributed by atoms with Crippen molar-refractivity contribution in [3.63, 3.8) is 0 Å². The van der Waals surface area contributed by atoms with Crippen molar-refractivity contribution in [3.05, 3.63) is 42.5 Å². The van der Waals surface area contributed by atoms with E-state index < -0.39 is 0 Å². The summed E-state index contributed by atoms with van der Waals surface area (Å²) in [7, 11) is 0. The van der Waals surface area contributed by atoms with Gasteiger partial charge in [-0.15, -0.1) is 6.58 Å². The molecule has 0 fully saturated rings. The zero-order chi connectivity index (χ0) is 14.3. The molecule has 0 bridgehead atoms. The van der Waals surface area contributed by atoms with Gasteiger partial charge in [0.2, 0.25) is 0 Å². The molecule has 0 aliphatic rings. The molecule has 0 aliphatic heterocycles. The number of carbonyl (C=O) groups excluding carboxylic acids is 1. The number of nitriles is 1. The Balaban J connectivity index is 2.57. The number of benzene rings is 1. The summed E-state index contributed by atoms with van der Waals surface area (Å²) in [5.74, 6) is 0.494. The van der Waals surface area contributed by atoms with Gasteiger partial charge in [0, 0.05) is 12.6 Å². The lowest BCUT2D eigenvalue weighted by Crippen LogP contribution is -2.40. The molecule has 0 radical (unpaired) electrons. The third-order valence-corrected chi connectivity index (χ3v) is 2.62. The molecule has 100 valence electrons. The van der Waals surface area contributed by atoms with E-state index in [4.69, 9.17) is 10.00 Å². The predicted octanol–water partition coefficient (Wildman–Crippen LogP) is 2.36. The molecule has 4 nitrogen and oxygen atoms in total. The Kier molecular flexibility index (Phi) is 5.62. The predicted molar refractivity (Wildman–Crippen MR) is 73.7 cm³/mol. The van der Waals surface area contributed by atoms with Crippen LogP contribution in [0.1, 0.15) is 19.4 Å². The van der Waals surface area contributed by atoms with Crippen LogP contribution in [0.25, 0.3) is 0 Å². The summed E-state index contributed by atoms with van der Waals surface area (Å²) in [6.45, 7) is 8.02. The van der Waals surface area contributed by atoms with E-state index in [0.29, 0.717) is 17.9 Å². The fourth-order valence-electron chi connectivity index (χ4n) is 1.59. The van der Waals surface area contributed by atoms with E-state index in [1.165, 1.54) is 0 Å². The summed E-state index contributed by atoms with van der Waals surface area (Å²) in [5, 5.41) is 8.68. The Morgan fingerprint density at radius 3 is 2.58 bits per heavy atom. The van der Waals surface area contributed by atoms with Gasteiger partial charge in [-0.2, -0.15) is 5.26 Å². The van der Waals surface area contributed by atoms with Gasteiger partial charge in [0.25, 0.3) is 5.91 Å². The molecule has 0 saturated carbocycles. The maximum Gasteiger partial charge on any atom is 0.261 e. The van der Waals surface area contributed by atoms with Crippen LogP contribution in [0.2, 0.25) is 0 Å². The molecule has 0 N–H and O–H groups in total. The van der Waals surface area contributed by atoms with E-state index in [1.54, 1.807) is 35.2 Å². The number of hydrogen-bond acceptors (Lipinski definition) is 3. The van der Waals surface area contributed by atoms with Crippen LogP contribution < -0.4 is 4.74 Å². The topological polar surface area (TPSA) is 53.3 Å². The molecule has 19 heavy (non-hydrogen) atoms. The lowest BCUT2D eigenvalue weighted by atomic mass is 10.2. The fourth-order valence-corrected chi connectivity index (χ4v) is 1.59. The molecule has 0 atom stereocenters. The van der Waals surface area contributed by atoms with Crippen molar-refractivity contribution in [2.75, 3.05) is 13.2 Å². The number of hydrogen-bond donors (Lipinski definition) is 0. The first kappa shape index (κ1) is 14.8. The van der Waals surface area contributed by atoms with Gasteiger partial charge in [-0.3, -0.25) is 4.79 Å². The summed E-state index contributed by atoms with van der Waals surface area (Å²) >= 11 is 0. The monoisotopic (exact) mass is 258 g/mol. The van der Waals surface area contributed by atoms with Crippen molar-refractivity contribution in [2.24, 2.45) is 0 Å². The standard InChI is InChI=1S/C15H18N2O2/c1-4-9-17(12(2)3)15(18)11-19-14-7-5-13(10-16)6-8-14/h4-8,12H,1,9,11H2,2-3H3. The zero-order valence-electron chi connectivity index (χ0n) is 11.3. The quantitative estimate of drug-likeness (QED) is 0.736. The number of nitrogens with zero attached hydrogens (tertiary/aromatic N) is 2. The van der Waals surface area contributed by atoms with E-state index in [0.717, 1.165) is 0 Å². The molecule has 0 aromatic heterocycles. The Morgan fingerprint density at radius 1 is 1.47 bits per heavy atom. The van der Waals surface area contributed by atoms with E-state index in [9.17, 15) is 4.79 Å². The van der Waals surface area contributed by atoms with Gasteiger partial charge in [0.15, 0.2) is 6.61 Å². The minimum Gasteiger partial charge on any atom is -0.484 e. The van der Waals surface area contributed by atoms with Gasteiger partial charge in [-0.1, -0.05) is 6.08 Å². The molecule has 1 aromatic rings. The second-order valence-corrected chi connectivity index (χ2v) is 4.35. The maximum atomic E-state index is 12.0. The van der Waals surface area contributed by atoms with Crippen molar-refractivity contribution in [2.45, 2.75) is 19.9 Å². The van der Waals surface area contributed by atoms with Crippen molar-refractivity contribution in [1.82, 2.24) is 4.90 Å². The van der Waals surface area contributed by atoms with Crippen LogP contribution in [-0.4, -0.2) is 30.0 Å². The van der Waals surface area contributed by atoms with Crippen LogP contribution in [-0.2, 0) is 4.79 Å². The third-order valence-electron chi connectivity index (χ3n) is 2.62. The van der Waals surface area contributed by atoms with Crippen LogP contribution in [0.15, 0.2) is 36.9 Å². The molecule has 0 spiro atoms. The Bertz CT molecular complexity index is 472. The van der Waals surface area contributed by atoms with Crippen LogP contribution in [0, 0.1) is 11.3 Å². The molecule has 0 unspecified atom stereocenters. The molecular weight excluding hydrogens is 240 g/mol. The van der Waals surface area contributed by atoms with Crippen molar-refractivity contribution in [3.8, 4) is 11.8 Å². The number of amides is 1. The van der Waals surface area contributed by atoms with E-state index in [-0.39, 0.29) is 18.6 Å². The largest absolute Gasteiger partial charge is 0.484 e. The number of rotatable bonds is 6. The fraction of sp³-hybridized carbons (Fsp3) is 0.333. The van der Waals surface area contributed by atoms with Crippen molar-refractivity contribution in [1.29, 1.82) is 5.26 Å². The first-order valence-corrected chi connectivity index (χ1v) is 6.11. The highest BCUT2D eigenvalue weighted by molar-refractivity contribution is 5.78. The highest BCUT2D eigenvalue weighted by Crippen LogP contribution is 2.12. The Morgan fingerprint density at radius 2 is 2.11 bits per heavy atom. The van der Waals surface area contributed by atoms with Gasteiger partial charge in [-0.05, 0) is 38.1 Å². The lowest BCUT2D eigenvalue weighted by molar-refractivity contribution is -0.134. The molecule has 1 amide bonds. The van der Waals surface area contributed by atoms with Crippen molar-refractivity contribution >= 4 is 5.91 Å². The van der Waals surface area contributed by atoms with Gasteiger partial charge >= 0.3 is 0 Å². The normalized spacial score (nSPS) is 9.79. The SMILES string of the molecule is C=CCN(C(=O)COc1ccc(C#N)cc1)C(C)C. The van der Waals surface area contributed by atoms with Crippen LogP contribution >= 0.6 is 0 Å².